The lowest BCUT2D eigenvalue weighted by Crippen LogP contribution is -2.19. The van der Waals surface area contributed by atoms with Gasteiger partial charge in [-0.1, -0.05) is 5.92 Å². The molecule has 102 valence electrons. The van der Waals surface area contributed by atoms with Crippen molar-refractivity contribution in [1.29, 1.82) is 0 Å². The molecule has 2 aromatic rings. The summed E-state index contributed by atoms with van der Waals surface area (Å²) in [7, 11) is 0. The number of terminal acetylenes is 1. The van der Waals surface area contributed by atoms with E-state index in [9.17, 15) is 9.90 Å². The number of rotatable bonds is 2. The third-order valence-corrected chi connectivity index (χ3v) is 3.54. The number of fused-ring (bicyclic) bond motifs is 1. The van der Waals surface area contributed by atoms with Gasteiger partial charge < -0.3 is 9.84 Å². The maximum atomic E-state index is 11.3. The Hall–Kier alpha value is -2.32. The van der Waals surface area contributed by atoms with Crippen molar-refractivity contribution in [3.63, 3.8) is 0 Å². The monoisotopic (exact) mass is 270 g/mol. The molecule has 5 heteroatoms. The smallest absolute Gasteiger partial charge is 0.336 e. The molecule has 1 aromatic carbocycles. The number of aromatic carboxylic acids is 1. The molecule has 0 saturated carbocycles. The van der Waals surface area contributed by atoms with Crippen LogP contribution >= 0.6 is 0 Å². The van der Waals surface area contributed by atoms with E-state index in [0.717, 1.165) is 19.3 Å². The van der Waals surface area contributed by atoms with E-state index in [1.165, 1.54) is 6.07 Å². The Balaban J connectivity index is 2.17. The van der Waals surface area contributed by atoms with Gasteiger partial charge in [-0.3, -0.25) is 0 Å². The van der Waals surface area contributed by atoms with Crippen molar-refractivity contribution in [1.82, 2.24) is 9.78 Å². The number of hydrogen-bond donors (Lipinski definition) is 1. The van der Waals surface area contributed by atoms with Crippen LogP contribution in [0.15, 0.2) is 18.3 Å². The number of nitrogens with zero attached hydrogens (tertiary/aromatic N) is 2. The minimum atomic E-state index is -1.00. The molecule has 1 atom stereocenters. The van der Waals surface area contributed by atoms with Crippen LogP contribution in [0.4, 0.5) is 0 Å². The van der Waals surface area contributed by atoms with Gasteiger partial charge in [0.1, 0.15) is 0 Å². The second-order valence-corrected chi connectivity index (χ2v) is 4.82. The molecule has 1 aliphatic heterocycles. The van der Waals surface area contributed by atoms with Crippen LogP contribution in [0.2, 0.25) is 0 Å². The van der Waals surface area contributed by atoms with Crippen LogP contribution in [-0.2, 0) is 4.74 Å². The average Bonchev–Trinajstić information content (AvgIpc) is 2.90. The molecular weight excluding hydrogens is 256 g/mol. The maximum absolute atomic E-state index is 11.3. The third kappa shape index (κ3) is 2.04. The summed E-state index contributed by atoms with van der Waals surface area (Å²) in [6, 6.07) is 3.28. The number of carbonyl (C=O) groups is 1. The Labute approximate surface area is 116 Å². The van der Waals surface area contributed by atoms with Gasteiger partial charge in [0.05, 0.1) is 17.3 Å². The number of aromatic nitrogens is 2. The van der Waals surface area contributed by atoms with Gasteiger partial charge in [-0.15, -0.1) is 6.42 Å². The molecule has 1 N–H and O–H groups in total. The number of hydrogen-bond acceptors (Lipinski definition) is 3. The van der Waals surface area contributed by atoms with Crippen molar-refractivity contribution in [2.24, 2.45) is 0 Å². The van der Waals surface area contributed by atoms with Gasteiger partial charge in [0.25, 0.3) is 0 Å². The van der Waals surface area contributed by atoms with Gasteiger partial charge in [0.15, 0.2) is 6.23 Å². The number of ether oxygens (including phenoxy) is 1. The van der Waals surface area contributed by atoms with Gasteiger partial charge in [0, 0.05) is 17.6 Å². The molecule has 0 amide bonds. The second kappa shape index (κ2) is 4.99. The van der Waals surface area contributed by atoms with Gasteiger partial charge >= 0.3 is 5.97 Å². The molecule has 0 radical (unpaired) electrons. The summed E-state index contributed by atoms with van der Waals surface area (Å²) in [5.41, 5.74) is 1.43. The molecule has 5 nitrogen and oxygen atoms in total. The second-order valence-electron chi connectivity index (χ2n) is 4.82. The van der Waals surface area contributed by atoms with Crippen LogP contribution in [0, 0.1) is 12.3 Å². The standard InChI is InChI=1S/C15H14N2O3/c1-2-10-7-11(15(18)19)12-9-16-17(13(12)8-10)14-5-3-4-6-20-14/h1,7-9,14H,3-6H2,(H,18,19). The molecule has 1 unspecified atom stereocenters. The molecule has 0 spiro atoms. The Morgan fingerprint density at radius 3 is 3.00 bits per heavy atom. The summed E-state index contributed by atoms with van der Waals surface area (Å²) in [5, 5.41) is 14.2. The topological polar surface area (TPSA) is 64.3 Å². The molecule has 2 heterocycles. The Bertz CT molecular complexity index is 706. The highest BCUT2D eigenvalue weighted by molar-refractivity contribution is 6.03. The summed E-state index contributed by atoms with van der Waals surface area (Å²) in [6.45, 7) is 0.701. The zero-order valence-corrected chi connectivity index (χ0v) is 10.9. The van der Waals surface area contributed by atoms with Crippen LogP contribution in [0.5, 0.6) is 0 Å². The van der Waals surface area contributed by atoms with Crippen LogP contribution in [-0.4, -0.2) is 27.5 Å². The Kier molecular flexibility index (Phi) is 3.17. The van der Waals surface area contributed by atoms with Gasteiger partial charge in [-0.2, -0.15) is 5.10 Å². The fourth-order valence-electron chi connectivity index (χ4n) is 2.55. The molecule has 20 heavy (non-hydrogen) atoms. The van der Waals surface area contributed by atoms with E-state index in [-0.39, 0.29) is 11.8 Å². The van der Waals surface area contributed by atoms with Crippen LogP contribution in [0.3, 0.4) is 0 Å². The minimum absolute atomic E-state index is 0.143. The van der Waals surface area contributed by atoms with Crippen molar-refractivity contribution in [2.45, 2.75) is 25.5 Å². The fraction of sp³-hybridized carbons (Fsp3) is 0.333. The largest absolute Gasteiger partial charge is 0.478 e. The Morgan fingerprint density at radius 1 is 1.50 bits per heavy atom. The SMILES string of the molecule is C#Cc1cc(C(=O)O)c2cnn(C3CCCCO3)c2c1. The zero-order valence-electron chi connectivity index (χ0n) is 10.9. The molecule has 1 saturated heterocycles. The molecule has 1 aromatic heterocycles. The average molecular weight is 270 g/mol. The van der Waals surface area contributed by atoms with Gasteiger partial charge in [-0.05, 0) is 31.4 Å². The van der Waals surface area contributed by atoms with Crippen LogP contribution in [0.1, 0.15) is 41.4 Å². The lowest BCUT2D eigenvalue weighted by atomic mass is 10.1. The fourth-order valence-corrected chi connectivity index (χ4v) is 2.55. The van der Waals surface area contributed by atoms with E-state index in [1.54, 1.807) is 16.9 Å². The highest BCUT2D eigenvalue weighted by atomic mass is 16.5. The van der Waals surface area contributed by atoms with Crippen LogP contribution in [0.25, 0.3) is 10.9 Å². The molecule has 0 bridgehead atoms. The van der Waals surface area contributed by atoms with Gasteiger partial charge in [0.2, 0.25) is 0 Å². The predicted octanol–water partition coefficient (Wildman–Crippen LogP) is 2.41. The Morgan fingerprint density at radius 2 is 2.35 bits per heavy atom. The summed E-state index contributed by atoms with van der Waals surface area (Å²) < 4.78 is 7.44. The van der Waals surface area contributed by atoms with Crippen molar-refractivity contribution in [3.8, 4) is 12.3 Å². The molecule has 3 rings (SSSR count). The van der Waals surface area contributed by atoms with E-state index < -0.39 is 5.97 Å². The normalized spacial score (nSPS) is 18.9. The number of benzene rings is 1. The van der Waals surface area contributed by atoms with Crippen molar-refractivity contribution >= 4 is 16.9 Å². The summed E-state index contributed by atoms with van der Waals surface area (Å²) in [6.07, 6.45) is 9.82. The quantitative estimate of drug-likeness (QED) is 0.851. The first-order chi connectivity index (χ1) is 9.70. The zero-order chi connectivity index (χ0) is 14.1. The van der Waals surface area contributed by atoms with Crippen LogP contribution < -0.4 is 0 Å². The molecular formula is C15H14N2O3. The first-order valence-electron chi connectivity index (χ1n) is 6.53. The first kappa shape index (κ1) is 12.7. The lowest BCUT2D eigenvalue weighted by molar-refractivity contribution is -0.0366. The van der Waals surface area contributed by atoms with Gasteiger partial charge in [-0.25, -0.2) is 9.48 Å². The van der Waals surface area contributed by atoms with E-state index >= 15 is 0 Å². The predicted molar refractivity (Wildman–Crippen MR) is 73.5 cm³/mol. The maximum Gasteiger partial charge on any atom is 0.336 e. The van der Waals surface area contributed by atoms with E-state index in [2.05, 4.69) is 11.0 Å². The summed E-state index contributed by atoms with van der Waals surface area (Å²) in [5.74, 6) is 1.49. The number of carboxylic acid groups (broad SMARTS) is 1. The van der Waals surface area contributed by atoms with E-state index in [0.29, 0.717) is 23.1 Å². The van der Waals surface area contributed by atoms with E-state index in [1.807, 2.05) is 0 Å². The highest BCUT2D eigenvalue weighted by Crippen LogP contribution is 2.28. The van der Waals surface area contributed by atoms with Crippen molar-refractivity contribution in [3.05, 3.63) is 29.5 Å². The summed E-state index contributed by atoms with van der Waals surface area (Å²) in [4.78, 5) is 11.3. The summed E-state index contributed by atoms with van der Waals surface area (Å²) >= 11 is 0. The highest BCUT2D eigenvalue weighted by Gasteiger charge is 2.21. The van der Waals surface area contributed by atoms with Crippen molar-refractivity contribution < 1.29 is 14.6 Å². The number of carboxylic acids is 1. The van der Waals surface area contributed by atoms with E-state index in [4.69, 9.17) is 11.2 Å². The molecule has 1 aliphatic rings. The first-order valence-corrected chi connectivity index (χ1v) is 6.53. The lowest BCUT2D eigenvalue weighted by Gasteiger charge is -2.23. The third-order valence-electron chi connectivity index (χ3n) is 3.54. The van der Waals surface area contributed by atoms with Crippen molar-refractivity contribution in [2.75, 3.05) is 6.61 Å². The molecule has 1 fully saturated rings. The minimum Gasteiger partial charge on any atom is -0.478 e. The molecule has 0 aliphatic carbocycles.